The fourth-order valence-corrected chi connectivity index (χ4v) is 3.94. The summed E-state index contributed by atoms with van der Waals surface area (Å²) in [5.74, 6) is -0.714. The Morgan fingerprint density at radius 2 is 1.67 bits per heavy atom. The SMILES string of the molecule is COc1cc(/C=C/C(=O)NNC(=O)COc2ccccc2Cl)ccc1OS(=O)(=O)c1ccc(C)cc1. The number of nitrogens with one attached hydrogen (secondary N) is 2. The van der Waals surface area contributed by atoms with Gasteiger partial charge in [-0.2, -0.15) is 8.42 Å². The maximum Gasteiger partial charge on any atom is 0.339 e. The zero-order valence-corrected chi connectivity index (χ0v) is 20.9. The molecule has 188 valence electrons. The van der Waals surface area contributed by atoms with Crippen molar-refractivity contribution in [2.45, 2.75) is 11.8 Å². The van der Waals surface area contributed by atoms with E-state index in [9.17, 15) is 18.0 Å². The number of para-hydroxylation sites is 1. The van der Waals surface area contributed by atoms with E-state index in [4.69, 9.17) is 25.3 Å². The normalized spacial score (nSPS) is 11.1. The van der Waals surface area contributed by atoms with Crippen molar-refractivity contribution in [2.75, 3.05) is 13.7 Å². The van der Waals surface area contributed by atoms with Crippen LogP contribution in [0.5, 0.6) is 17.2 Å². The van der Waals surface area contributed by atoms with E-state index in [2.05, 4.69) is 10.9 Å². The molecule has 0 aliphatic rings. The molecule has 0 aliphatic carbocycles. The van der Waals surface area contributed by atoms with Gasteiger partial charge in [-0.05, 0) is 55.0 Å². The summed E-state index contributed by atoms with van der Waals surface area (Å²) >= 11 is 5.95. The number of hydrogen-bond donors (Lipinski definition) is 2. The lowest BCUT2D eigenvalue weighted by Gasteiger charge is -2.11. The van der Waals surface area contributed by atoms with Crippen LogP contribution in [0, 0.1) is 6.92 Å². The Hall–Kier alpha value is -4.02. The van der Waals surface area contributed by atoms with E-state index in [-0.39, 0.29) is 23.0 Å². The van der Waals surface area contributed by atoms with Crippen molar-refractivity contribution in [1.29, 1.82) is 0 Å². The molecular weight excluding hydrogens is 508 g/mol. The number of ether oxygens (including phenoxy) is 2. The van der Waals surface area contributed by atoms with Crippen molar-refractivity contribution in [1.82, 2.24) is 10.9 Å². The average molecular weight is 531 g/mol. The molecule has 0 aromatic heterocycles. The summed E-state index contributed by atoms with van der Waals surface area (Å²) in [4.78, 5) is 23.9. The number of aryl methyl sites for hydroxylation is 1. The molecule has 9 nitrogen and oxygen atoms in total. The Morgan fingerprint density at radius 1 is 0.944 bits per heavy atom. The minimum Gasteiger partial charge on any atom is -0.493 e. The molecule has 0 radical (unpaired) electrons. The molecule has 36 heavy (non-hydrogen) atoms. The summed E-state index contributed by atoms with van der Waals surface area (Å²) in [5.41, 5.74) is 5.88. The lowest BCUT2D eigenvalue weighted by molar-refractivity contribution is -0.128. The highest BCUT2D eigenvalue weighted by molar-refractivity contribution is 7.87. The molecule has 3 aromatic carbocycles. The summed E-state index contributed by atoms with van der Waals surface area (Å²) in [5, 5.41) is 0.358. The summed E-state index contributed by atoms with van der Waals surface area (Å²) in [6.07, 6.45) is 2.62. The van der Waals surface area contributed by atoms with Crippen molar-refractivity contribution in [3.05, 3.63) is 89.0 Å². The van der Waals surface area contributed by atoms with Crippen LogP contribution in [0.3, 0.4) is 0 Å². The second-order valence-corrected chi connectivity index (χ2v) is 9.30. The van der Waals surface area contributed by atoms with Gasteiger partial charge in [0.2, 0.25) is 0 Å². The van der Waals surface area contributed by atoms with Crippen molar-refractivity contribution in [3.8, 4) is 17.2 Å². The lowest BCUT2D eigenvalue weighted by Crippen LogP contribution is -2.43. The third-order valence-corrected chi connectivity index (χ3v) is 6.21. The molecule has 0 unspecified atom stereocenters. The minimum atomic E-state index is -4.06. The molecule has 0 spiro atoms. The summed E-state index contributed by atoms with van der Waals surface area (Å²) in [6, 6.07) is 17.4. The highest BCUT2D eigenvalue weighted by Gasteiger charge is 2.19. The second kappa shape index (κ2) is 12.1. The van der Waals surface area contributed by atoms with Crippen LogP contribution >= 0.6 is 11.6 Å². The topological polar surface area (TPSA) is 120 Å². The quantitative estimate of drug-likeness (QED) is 0.246. The monoisotopic (exact) mass is 530 g/mol. The van der Waals surface area contributed by atoms with Gasteiger partial charge in [0.15, 0.2) is 18.1 Å². The maximum atomic E-state index is 12.6. The first-order valence-electron chi connectivity index (χ1n) is 10.5. The van der Waals surface area contributed by atoms with Gasteiger partial charge in [-0.25, -0.2) is 0 Å². The van der Waals surface area contributed by atoms with Gasteiger partial charge in [0.05, 0.1) is 12.1 Å². The number of rotatable bonds is 9. The van der Waals surface area contributed by atoms with Gasteiger partial charge in [0.25, 0.3) is 11.8 Å². The third kappa shape index (κ3) is 7.49. The van der Waals surface area contributed by atoms with Gasteiger partial charge in [-0.3, -0.25) is 20.4 Å². The molecule has 2 amide bonds. The summed E-state index contributed by atoms with van der Waals surface area (Å²) in [6.45, 7) is 1.50. The first-order chi connectivity index (χ1) is 17.2. The number of methoxy groups -OCH3 is 1. The number of amides is 2. The van der Waals surface area contributed by atoms with E-state index in [1.54, 1.807) is 42.5 Å². The van der Waals surface area contributed by atoms with E-state index < -0.39 is 21.9 Å². The van der Waals surface area contributed by atoms with Crippen molar-refractivity contribution in [3.63, 3.8) is 0 Å². The zero-order valence-electron chi connectivity index (χ0n) is 19.4. The molecule has 0 fully saturated rings. The highest BCUT2D eigenvalue weighted by atomic mass is 35.5. The molecule has 11 heteroatoms. The minimum absolute atomic E-state index is 0.00883. The van der Waals surface area contributed by atoms with Crippen molar-refractivity contribution < 1.29 is 31.7 Å². The van der Waals surface area contributed by atoms with E-state index in [0.717, 1.165) is 5.56 Å². The van der Waals surface area contributed by atoms with Crippen LogP contribution in [0.25, 0.3) is 6.08 Å². The van der Waals surface area contributed by atoms with Gasteiger partial charge in [0.1, 0.15) is 10.6 Å². The number of halogens is 1. The molecule has 0 saturated carbocycles. The first kappa shape index (κ1) is 26.6. The maximum absolute atomic E-state index is 12.6. The van der Waals surface area contributed by atoms with Crippen LogP contribution in [-0.4, -0.2) is 33.9 Å². The molecule has 2 N–H and O–H groups in total. The molecule has 0 aliphatic heterocycles. The van der Waals surface area contributed by atoms with E-state index in [0.29, 0.717) is 16.3 Å². The van der Waals surface area contributed by atoms with Gasteiger partial charge in [0, 0.05) is 6.08 Å². The Labute approximate surface area is 213 Å². The molecule has 0 atom stereocenters. The number of carbonyl (C=O) groups is 2. The molecule has 0 bridgehead atoms. The van der Waals surface area contributed by atoms with Crippen LogP contribution < -0.4 is 24.5 Å². The Kier molecular flexibility index (Phi) is 8.93. The molecule has 3 rings (SSSR count). The highest BCUT2D eigenvalue weighted by Crippen LogP contribution is 2.31. The van der Waals surface area contributed by atoms with Crippen LogP contribution in [0.15, 0.2) is 77.7 Å². The Balaban J connectivity index is 1.56. The standard InChI is InChI=1S/C25H23ClN2O7S/c1-17-7-11-19(12-8-17)36(31,32)35-22-13-9-18(15-23(22)33-2)10-14-24(29)27-28-25(30)16-34-21-6-4-3-5-20(21)26/h3-15H,16H2,1-2H3,(H,27,29)(H,28,30)/b14-10+. The summed E-state index contributed by atoms with van der Waals surface area (Å²) in [7, 11) is -2.70. The van der Waals surface area contributed by atoms with Gasteiger partial charge in [-0.1, -0.05) is 47.5 Å². The fraction of sp³-hybridized carbons (Fsp3) is 0.120. The summed E-state index contributed by atoms with van der Waals surface area (Å²) < 4.78 is 40.9. The second-order valence-electron chi connectivity index (χ2n) is 7.35. The zero-order chi connectivity index (χ0) is 26.1. The fourth-order valence-electron chi connectivity index (χ4n) is 2.81. The lowest BCUT2D eigenvalue weighted by atomic mass is 10.2. The third-order valence-electron chi connectivity index (χ3n) is 4.64. The average Bonchev–Trinajstić information content (AvgIpc) is 2.86. The number of benzene rings is 3. The number of hydrazine groups is 1. The number of hydrogen-bond acceptors (Lipinski definition) is 7. The van der Waals surface area contributed by atoms with Crippen LogP contribution in [0.4, 0.5) is 0 Å². The predicted molar refractivity (Wildman–Crippen MR) is 134 cm³/mol. The smallest absolute Gasteiger partial charge is 0.339 e. The van der Waals surface area contributed by atoms with Gasteiger partial charge < -0.3 is 13.7 Å². The molecule has 0 heterocycles. The van der Waals surface area contributed by atoms with Crippen molar-refractivity contribution >= 4 is 39.6 Å². The van der Waals surface area contributed by atoms with Gasteiger partial charge >= 0.3 is 10.1 Å². The molecule has 3 aromatic rings. The largest absolute Gasteiger partial charge is 0.493 e. The van der Waals surface area contributed by atoms with Crippen LogP contribution in [-0.2, 0) is 19.7 Å². The first-order valence-corrected chi connectivity index (χ1v) is 12.3. The molecular formula is C25H23ClN2O7S. The Morgan fingerprint density at radius 3 is 2.36 bits per heavy atom. The van der Waals surface area contributed by atoms with Crippen LogP contribution in [0.2, 0.25) is 5.02 Å². The predicted octanol–water partition coefficient (Wildman–Crippen LogP) is 3.66. The Bertz CT molecular complexity index is 1370. The van der Waals surface area contributed by atoms with Gasteiger partial charge in [-0.15, -0.1) is 0 Å². The van der Waals surface area contributed by atoms with E-state index in [1.165, 1.54) is 43.5 Å². The molecule has 0 saturated heterocycles. The van der Waals surface area contributed by atoms with Crippen LogP contribution in [0.1, 0.15) is 11.1 Å². The van der Waals surface area contributed by atoms with E-state index in [1.807, 2.05) is 6.92 Å². The van der Waals surface area contributed by atoms with Crippen molar-refractivity contribution in [2.24, 2.45) is 0 Å². The van der Waals surface area contributed by atoms with E-state index >= 15 is 0 Å². The number of carbonyl (C=O) groups excluding carboxylic acids is 2.